The highest BCUT2D eigenvalue weighted by Gasteiger charge is 2.14. The zero-order chi connectivity index (χ0) is 11.2. The van der Waals surface area contributed by atoms with Gasteiger partial charge in [0.15, 0.2) is 0 Å². The van der Waals surface area contributed by atoms with Crippen LogP contribution in [0.5, 0.6) is 0 Å². The molecule has 0 aromatic rings. The summed E-state index contributed by atoms with van der Waals surface area (Å²) in [7, 11) is -3.67. The summed E-state index contributed by atoms with van der Waals surface area (Å²) in [4.78, 5) is 10.0. The maximum absolute atomic E-state index is 10.0. The van der Waals surface area contributed by atoms with Crippen molar-refractivity contribution in [1.82, 2.24) is 0 Å². The average molecular weight is 213 g/mol. The fraction of sp³-hybridized carbons (Fsp3) is 0.833. The summed E-state index contributed by atoms with van der Waals surface area (Å²) in [6.07, 6.45) is 0.715. The fourth-order valence-corrected chi connectivity index (χ4v) is 0.285. The molecule has 13 heavy (non-hydrogen) atoms. The molecule has 0 aromatic carbocycles. The molecular formula is C6H15NO5S. The third-order valence-electron chi connectivity index (χ3n) is 1.00. The first-order chi connectivity index (χ1) is 5.55. The van der Waals surface area contributed by atoms with Crippen molar-refractivity contribution in [2.45, 2.75) is 19.9 Å². The molecule has 0 aliphatic heterocycles. The molecule has 4 N–H and O–H groups in total. The van der Waals surface area contributed by atoms with Gasteiger partial charge in [0.2, 0.25) is 0 Å². The second kappa shape index (κ2) is 5.90. The molecule has 0 bridgehead atoms. The molecule has 1 atom stereocenters. The number of carboxylic acids is 1. The van der Waals surface area contributed by atoms with E-state index in [1.54, 1.807) is 13.8 Å². The van der Waals surface area contributed by atoms with E-state index in [2.05, 4.69) is 0 Å². The summed E-state index contributed by atoms with van der Waals surface area (Å²) >= 11 is 0. The van der Waals surface area contributed by atoms with E-state index >= 15 is 0 Å². The van der Waals surface area contributed by atoms with Gasteiger partial charge in [-0.3, -0.25) is 9.35 Å². The second-order valence-electron chi connectivity index (χ2n) is 2.84. The highest BCUT2D eigenvalue weighted by Crippen LogP contribution is 1.96. The van der Waals surface area contributed by atoms with Crippen LogP contribution in [0.1, 0.15) is 13.8 Å². The van der Waals surface area contributed by atoms with Crippen LogP contribution in [0.2, 0.25) is 0 Å². The third-order valence-corrected chi connectivity index (χ3v) is 1.00. The first-order valence-electron chi connectivity index (χ1n) is 3.46. The Bertz CT molecular complexity index is 238. The first-order valence-corrected chi connectivity index (χ1v) is 5.31. The fourth-order valence-electron chi connectivity index (χ4n) is 0.285. The highest BCUT2D eigenvalue weighted by atomic mass is 32.2. The van der Waals surface area contributed by atoms with Gasteiger partial charge >= 0.3 is 5.97 Å². The van der Waals surface area contributed by atoms with E-state index < -0.39 is 22.1 Å². The molecule has 0 heterocycles. The van der Waals surface area contributed by atoms with Crippen molar-refractivity contribution in [2.24, 2.45) is 11.7 Å². The molecule has 0 rings (SSSR count). The minimum atomic E-state index is -3.67. The molecule has 0 aliphatic rings. The van der Waals surface area contributed by atoms with E-state index in [-0.39, 0.29) is 5.92 Å². The van der Waals surface area contributed by atoms with Gasteiger partial charge < -0.3 is 10.8 Å². The number of aliphatic carboxylic acids is 1. The van der Waals surface area contributed by atoms with Crippen LogP contribution < -0.4 is 5.73 Å². The van der Waals surface area contributed by atoms with Gasteiger partial charge in [-0.25, -0.2) is 0 Å². The van der Waals surface area contributed by atoms with Crippen LogP contribution in [-0.2, 0) is 14.9 Å². The lowest BCUT2D eigenvalue weighted by atomic mass is 10.1. The van der Waals surface area contributed by atoms with Crippen molar-refractivity contribution in [3.8, 4) is 0 Å². The Morgan fingerprint density at radius 1 is 1.38 bits per heavy atom. The van der Waals surface area contributed by atoms with Crippen LogP contribution in [0.4, 0.5) is 0 Å². The minimum Gasteiger partial charge on any atom is -0.480 e. The van der Waals surface area contributed by atoms with Gasteiger partial charge in [0.05, 0.1) is 6.26 Å². The van der Waals surface area contributed by atoms with Crippen molar-refractivity contribution in [3.05, 3.63) is 0 Å². The minimum absolute atomic E-state index is 0.0208. The molecule has 0 fully saturated rings. The lowest BCUT2D eigenvalue weighted by Gasteiger charge is -2.07. The topological polar surface area (TPSA) is 118 Å². The number of nitrogens with two attached hydrogens (primary N) is 1. The molecule has 0 amide bonds. The molecule has 0 saturated heterocycles. The zero-order valence-corrected chi connectivity index (χ0v) is 8.58. The van der Waals surface area contributed by atoms with Gasteiger partial charge in [0.25, 0.3) is 10.1 Å². The number of hydrogen-bond donors (Lipinski definition) is 3. The number of hydrogen-bond acceptors (Lipinski definition) is 4. The Kier molecular flexibility index (Phi) is 6.73. The second-order valence-corrected chi connectivity index (χ2v) is 4.31. The summed E-state index contributed by atoms with van der Waals surface area (Å²) in [5, 5.41) is 8.23. The maximum Gasteiger partial charge on any atom is 0.320 e. The van der Waals surface area contributed by atoms with E-state index in [4.69, 9.17) is 15.4 Å². The van der Waals surface area contributed by atoms with E-state index in [1.807, 2.05) is 0 Å². The predicted octanol–water partition coefficient (Wildman–Crippen LogP) is -0.442. The Morgan fingerprint density at radius 2 is 1.62 bits per heavy atom. The van der Waals surface area contributed by atoms with E-state index in [0.29, 0.717) is 6.26 Å². The highest BCUT2D eigenvalue weighted by molar-refractivity contribution is 7.85. The number of carbonyl (C=O) groups is 1. The summed E-state index contributed by atoms with van der Waals surface area (Å²) < 4.78 is 25.9. The van der Waals surface area contributed by atoms with E-state index in [9.17, 15) is 13.2 Å². The summed E-state index contributed by atoms with van der Waals surface area (Å²) in [6.45, 7) is 3.55. The van der Waals surface area contributed by atoms with Gasteiger partial charge in [-0.2, -0.15) is 8.42 Å². The SMILES string of the molecule is CC(C)C(N)C(=O)O.CS(=O)(=O)O. The van der Waals surface area contributed by atoms with Crippen LogP contribution in [-0.4, -0.2) is 36.3 Å². The quantitative estimate of drug-likeness (QED) is 0.535. The van der Waals surface area contributed by atoms with Gasteiger partial charge in [-0.15, -0.1) is 0 Å². The lowest BCUT2D eigenvalue weighted by Crippen LogP contribution is -2.34. The molecule has 0 aliphatic carbocycles. The molecule has 0 saturated carbocycles. The third kappa shape index (κ3) is 18.4. The van der Waals surface area contributed by atoms with Gasteiger partial charge in [0.1, 0.15) is 6.04 Å². The number of carboxylic acid groups (broad SMARTS) is 1. The molecule has 80 valence electrons. The van der Waals surface area contributed by atoms with Gasteiger partial charge in [-0.1, -0.05) is 13.8 Å². The van der Waals surface area contributed by atoms with Crippen LogP contribution in [0.15, 0.2) is 0 Å². The predicted molar refractivity (Wildman–Crippen MR) is 47.9 cm³/mol. The average Bonchev–Trinajstić information content (AvgIpc) is 1.81. The molecule has 0 radical (unpaired) electrons. The Morgan fingerprint density at radius 3 is 1.62 bits per heavy atom. The molecule has 1 unspecified atom stereocenters. The number of rotatable bonds is 2. The van der Waals surface area contributed by atoms with Crippen molar-refractivity contribution >= 4 is 16.1 Å². The summed E-state index contributed by atoms with van der Waals surface area (Å²) in [6, 6.07) is -0.713. The smallest absolute Gasteiger partial charge is 0.320 e. The molecule has 7 heteroatoms. The molecule has 6 nitrogen and oxygen atoms in total. The van der Waals surface area contributed by atoms with Crippen molar-refractivity contribution in [2.75, 3.05) is 6.26 Å². The first kappa shape index (κ1) is 14.8. The van der Waals surface area contributed by atoms with Crippen molar-refractivity contribution < 1.29 is 22.9 Å². The monoisotopic (exact) mass is 213 g/mol. The lowest BCUT2D eigenvalue weighted by molar-refractivity contribution is -0.139. The maximum atomic E-state index is 10.0. The van der Waals surface area contributed by atoms with E-state index in [0.717, 1.165) is 0 Å². The molecule has 0 spiro atoms. The van der Waals surface area contributed by atoms with E-state index in [1.165, 1.54) is 0 Å². The largest absolute Gasteiger partial charge is 0.480 e. The normalized spacial score (nSPS) is 13.1. The van der Waals surface area contributed by atoms with Crippen molar-refractivity contribution in [1.29, 1.82) is 0 Å². The van der Waals surface area contributed by atoms with Crippen LogP contribution in [0.25, 0.3) is 0 Å². The Hall–Kier alpha value is -0.660. The van der Waals surface area contributed by atoms with Crippen LogP contribution in [0.3, 0.4) is 0 Å². The van der Waals surface area contributed by atoms with Crippen LogP contribution >= 0.6 is 0 Å². The molecule has 0 aromatic heterocycles. The summed E-state index contributed by atoms with van der Waals surface area (Å²) in [5.74, 6) is -0.910. The van der Waals surface area contributed by atoms with Gasteiger partial charge in [-0.05, 0) is 5.92 Å². The van der Waals surface area contributed by atoms with Crippen LogP contribution in [0, 0.1) is 5.92 Å². The Labute approximate surface area is 77.5 Å². The summed E-state index contributed by atoms with van der Waals surface area (Å²) in [5.41, 5.74) is 5.16. The van der Waals surface area contributed by atoms with Gasteiger partial charge in [0, 0.05) is 0 Å². The Balaban J connectivity index is 0. The standard InChI is InChI=1S/C5H11NO2.CH4O3S/c1-3(2)4(6)5(7)8;1-5(2,3)4/h3-4H,6H2,1-2H3,(H,7,8);1H3,(H,2,3,4). The molecular weight excluding hydrogens is 198 g/mol. The van der Waals surface area contributed by atoms with Crippen molar-refractivity contribution in [3.63, 3.8) is 0 Å². The zero-order valence-electron chi connectivity index (χ0n) is 7.76.